The standard InChI is InChI=1S/C12H15BrN2O2/c1-7(2)10(11(14)16)15-12(17)8-3-5-9(13)6-4-8/h3-7,10H,1-2H3,(H2,14,16)(H,15,17). The van der Waals surface area contributed by atoms with Crippen LogP contribution in [0.1, 0.15) is 24.2 Å². The van der Waals surface area contributed by atoms with Gasteiger partial charge in [0.1, 0.15) is 6.04 Å². The normalized spacial score (nSPS) is 12.2. The van der Waals surface area contributed by atoms with Crippen LogP contribution in [-0.2, 0) is 4.79 Å². The van der Waals surface area contributed by atoms with Crippen LogP contribution in [0.2, 0.25) is 0 Å². The van der Waals surface area contributed by atoms with Crippen molar-refractivity contribution < 1.29 is 9.59 Å². The van der Waals surface area contributed by atoms with Crippen molar-refractivity contribution in [2.75, 3.05) is 0 Å². The summed E-state index contributed by atoms with van der Waals surface area (Å²) in [7, 11) is 0. The third kappa shape index (κ3) is 3.85. The monoisotopic (exact) mass is 298 g/mol. The van der Waals surface area contributed by atoms with Gasteiger partial charge in [-0.1, -0.05) is 29.8 Å². The maximum Gasteiger partial charge on any atom is 0.251 e. The van der Waals surface area contributed by atoms with E-state index in [0.717, 1.165) is 4.47 Å². The van der Waals surface area contributed by atoms with Gasteiger partial charge in [0.05, 0.1) is 0 Å². The summed E-state index contributed by atoms with van der Waals surface area (Å²) in [6.07, 6.45) is 0. The Bertz CT molecular complexity index is 415. The fourth-order valence-electron chi connectivity index (χ4n) is 1.39. The smallest absolute Gasteiger partial charge is 0.251 e. The third-order valence-electron chi connectivity index (χ3n) is 2.37. The van der Waals surface area contributed by atoms with E-state index < -0.39 is 11.9 Å². The van der Waals surface area contributed by atoms with Crippen LogP contribution >= 0.6 is 15.9 Å². The average Bonchev–Trinajstić information content (AvgIpc) is 2.25. The van der Waals surface area contributed by atoms with Gasteiger partial charge in [-0.25, -0.2) is 0 Å². The zero-order valence-electron chi connectivity index (χ0n) is 9.74. The first-order valence-corrected chi connectivity index (χ1v) is 6.07. The van der Waals surface area contributed by atoms with E-state index in [0.29, 0.717) is 5.56 Å². The van der Waals surface area contributed by atoms with Crippen LogP contribution in [0.5, 0.6) is 0 Å². The summed E-state index contributed by atoms with van der Waals surface area (Å²) in [4.78, 5) is 23.0. The Kier molecular flexibility index (Phi) is 4.69. The van der Waals surface area contributed by atoms with Gasteiger partial charge < -0.3 is 11.1 Å². The van der Waals surface area contributed by atoms with Crippen molar-refractivity contribution in [3.05, 3.63) is 34.3 Å². The minimum Gasteiger partial charge on any atom is -0.368 e. The molecule has 0 aromatic heterocycles. The fourth-order valence-corrected chi connectivity index (χ4v) is 1.66. The molecule has 5 heteroatoms. The predicted molar refractivity (Wildman–Crippen MR) is 69.4 cm³/mol. The highest BCUT2D eigenvalue weighted by molar-refractivity contribution is 9.10. The van der Waals surface area contributed by atoms with Gasteiger partial charge in [0, 0.05) is 10.0 Å². The van der Waals surface area contributed by atoms with Gasteiger partial charge in [-0.05, 0) is 30.2 Å². The van der Waals surface area contributed by atoms with Crippen LogP contribution < -0.4 is 11.1 Å². The van der Waals surface area contributed by atoms with Gasteiger partial charge in [-0.2, -0.15) is 0 Å². The van der Waals surface area contributed by atoms with E-state index in [9.17, 15) is 9.59 Å². The van der Waals surface area contributed by atoms with Crippen molar-refractivity contribution in [3.8, 4) is 0 Å². The molecular formula is C12H15BrN2O2. The lowest BCUT2D eigenvalue weighted by molar-refractivity contribution is -0.120. The van der Waals surface area contributed by atoms with Gasteiger partial charge in [-0.15, -0.1) is 0 Å². The molecule has 0 radical (unpaired) electrons. The molecule has 17 heavy (non-hydrogen) atoms. The first-order chi connectivity index (χ1) is 7.91. The number of nitrogens with two attached hydrogens (primary N) is 1. The summed E-state index contributed by atoms with van der Waals surface area (Å²) in [5.41, 5.74) is 5.73. The fraction of sp³-hybridized carbons (Fsp3) is 0.333. The first-order valence-electron chi connectivity index (χ1n) is 5.27. The van der Waals surface area contributed by atoms with Crippen molar-refractivity contribution >= 4 is 27.7 Å². The molecule has 0 aliphatic carbocycles. The van der Waals surface area contributed by atoms with Gasteiger partial charge in [0.15, 0.2) is 0 Å². The molecule has 1 atom stereocenters. The maximum atomic E-state index is 11.8. The van der Waals surface area contributed by atoms with Crippen LogP contribution in [0, 0.1) is 5.92 Å². The van der Waals surface area contributed by atoms with E-state index in [4.69, 9.17) is 5.73 Å². The summed E-state index contributed by atoms with van der Waals surface area (Å²) in [6, 6.07) is 6.24. The number of carbonyl (C=O) groups excluding carboxylic acids is 2. The molecule has 0 spiro atoms. The number of halogens is 1. The third-order valence-corrected chi connectivity index (χ3v) is 2.89. The van der Waals surface area contributed by atoms with E-state index >= 15 is 0 Å². The summed E-state index contributed by atoms with van der Waals surface area (Å²) in [5, 5.41) is 2.62. The topological polar surface area (TPSA) is 72.2 Å². The molecule has 0 fully saturated rings. The van der Waals surface area contributed by atoms with Crippen LogP contribution in [0.25, 0.3) is 0 Å². The van der Waals surface area contributed by atoms with Crippen molar-refractivity contribution in [2.24, 2.45) is 11.7 Å². The van der Waals surface area contributed by atoms with Crippen molar-refractivity contribution in [1.82, 2.24) is 5.32 Å². The maximum absolute atomic E-state index is 11.8. The van der Waals surface area contributed by atoms with Crippen LogP contribution in [0.3, 0.4) is 0 Å². The Labute approximate surface area is 109 Å². The Morgan fingerprint density at radius 3 is 2.18 bits per heavy atom. The molecule has 3 N–H and O–H groups in total. The second-order valence-corrected chi connectivity index (χ2v) is 5.02. The Hall–Kier alpha value is -1.36. The molecule has 0 heterocycles. The molecule has 1 aromatic rings. The molecule has 92 valence electrons. The van der Waals surface area contributed by atoms with E-state index in [1.165, 1.54) is 0 Å². The van der Waals surface area contributed by atoms with E-state index in [-0.39, 0.29) is 11.8 Å². The summed E-state index contributed by atoms with van der Waals surface area (Å²) in [5.74, 6) is -0.854. The molecule has 1 aromatic carbocycles. The molecule has 0 bridgehead atoms. The van der Waals surface area contributed by atoms with Gasteiger partial charge >= 0.3 is 0 Å². The van der Waals surface area contributed by atoms with Crippen molar-refractivity contribution in [2.45, 2.75) is 19.9 Å². The molecule has 1 unspecified atom stereocenters. The van der Waals surface area contributed by atoms with Crippen LogP contribution in [0.4, 0.5) is 0 Å². The molecule has 0 saturated carbocycles. The zero-order chi connectivity index (χ0) is 13.0. The van der Waals surface area contributed by atoms with E-state index in [1.807, 2.05) is 13.8 Å². The lowest BCUT2D eigenvalue weighted by Crippen LogP contribution is -2.47. The molecule has 0 aliphatic heterocycles. The van der Waals surface area contributed by atoms with E-state index in [2.05, 4.69) is 21.2 Å². The molecule has 0 aliphatic rings. The number of rotatable bonds is 4. The second-order valence-electron chi connectivity index (χ2n) is 4.10. The molecule has 0 saturated heterocycles. The highest BCUT2D eigenvalue weighted by Gasteiger charge is 2.21. The summed E-state index contributed by atoms with van der Waals surface area (Å²) in [6.45, 7) is 3.66. The molecule has 1 rings (SSSR count). The van der Waals surface area contributed by atoms with Gasteiger partial charge in [0.25, 0.3) is 5.91 Å². The van der Waals surface area contributed by atoms with Gasteiger partial charge in [-0.3, -0.25) is 9.59 Å². The predicted octanol–water partition coefficient (Wildman–Crippen LogP) is 1.69. The lowest BCUT2D eigenvalue weighted by Gasteiger charge is -2.18. The Morgan fingerprint density at radius 1 is 1.24 bits per heavy atom. The SMILES string of the molecule is CC(C)C(NC(=O)c1ccc(Br)cc1)C(N)=O. The lowest BCUT2D eigenvalue weighted by atomic mass is 10.0. The Balaban J connectivity index is 2.77. The van der Waals surface area contributed by atoms with Crippen LogP contribution in [-0.4, -0.2) is 17.9 Å². The number of hydrogen-bond donors (Lipinski definition) is 2. The van der Waals surface area contributed by atoms with E-state index in [1.54, 1.807) is 24.3 Å². The largest absolute Gasteiger partial charge is 0.368 e. The van der Waals surface area contributed by atoms with Crippen molar-refractivity contribution in [1.29, 1.82) is 0 Å². The average molecular weight is 299 g/mol. The highest BCUT2D eigenvalue weighted by Crippen LogP contribution is 2.11. The minimum absolute atomic E-state index is 0.0353. The molecule has 4 nitrogen and oxygen atoms in total. The second kappa shape index (κ2) is 5.82. The number of benzene rings is 1. The minimum atomic E-state index is -0.647. The highest BCUT2D eigenvalue weighted by atomic mass is 79.9. The van der Waals surface area contributed by atoms with Crippen LogP contribution in [0.15, 0.2) is 28.7 Å². The van der Waals surface area contributed by atoms with Crippen molar-refractivity contribution in [3.63, 3.8) is 0 Å². The quantitative estimate of drug-likeness (QED) is 0.888. The number of hydrogen-bond acceptors (Lipinski definition) is 2. The molecular weight excluding hydrogens is 284 g/mol. The number of nitrogens with one attached hydrogen (secondary N) is 1. The zero-order valence-corrected chi connectivity index (χ0v) is 11.3. The van der Waals surface area contributed by atoms with Gasteiger partial charge in [0.2, 0.25) is 5.91 Å². The number of carbonyl (C=O) groups is 2. The summed E-state index contributed by atoms with van der Waals surface area (Å²) < 4.78 is 0.893. The number of amides is 2. The molecule has 2 amide bonds. The first kappa shape index (κ1) is 13.7. The number of primary amides is 1. The summed E-state index contributed by atoms with van der Waals surface area (Å²) >= 11 is 3.29. The Morgan fingerprint density at radius 2 is 1.76 bits per heavy atom.